The average molecular weight is 242 g/mol. The zero-order valence-electron chi connectivity index (χ0n) is 8.84. The van der Waals surface area contributed by atoms with E-state index in [4.69, 9.17) is 5.73 Å². The van der Waals surface area contributed by atoms with E-state index in [1.165, 1.54) is 6.07 Å². The second-order valence-corrected chi connectivity index (χ2v) is 3.54. The monoisotopic (exact) mass is 242 g/mol. The van der Waals surface area contributed by atoms with Gasteiger partial charge in [-0.3, -0.25) is 5.10 Å². The topological polar surface area (TPSA) is 67.6 Å². The first-order chi connectivity index (χ1) is 7.88. The van der Waals surface area contributed by atoms with Crippen LogP contribution in [-0.4, -0.2) is 15.2 Å². The average Bonchev–Trinajstić information content (AvgIpc) is 2.63. The number of rotatable bonds is 1. The van der Waals surface area contributed by atoms with Crippen LogP contribution in [-0.2, 0) is 6.18 Å². The van der Waals surface area contributed by atoms with E-state index in [-0.39, 0.29) is 17.1 Å². The molecule has 0 amide bonds. The van der Waals surface area contributed by atoms with Crippen LogP contribution in [0.5, 0.6) is 0 Å². The molecule has 3 N–H and O–H groups in total. The molecule has 17 heavy (non-hydrogen) atoms. The molecule has 0 fully saturated rings. The van der Waals surface area contributed by atoms with Crippen molar-refractivity contribution in [3.63, 3.8) is 0 Å². The standard InChI is InChI=1S/C10H9F3N4/c1-5-15-9(17-16-5)7-4-6(10(11,12)13)2-3-8(7)14/h2-4H,14H2,1H3,(H,15,16,17). The number of hydrogen-bond acceptors (Lipinski definition) is 3. The lowest BCUT2D eigenvalue weighted by atomic mass is 10.1. The molecular formula is C10H9F3N4. The van der Waals surface area contributed by atoms with Crippen molar-refractivity contribution in [3.8, 4) is 11.4 Å². The molecular weight excluding hydrogens is 233 g/mol. The minimum absolute atomic E-state index is 0.158. The van der Waals surface area contributed by atoms with Crippen LogP contribution >= 0.6 is 0 Å². The molecule has 7 heteroatoms. The minimum atomic E-state index is -4.41. The van der Waals surface area contributed by atoms with E-state index in [2.05, 4.69) is 15.2 Å². The summed E-state index contributed by atoms with van der Waals surface area (Å²) in [7, 11) is 0. The van der Waals surface area contributed by atoms with Crippen molar-refractivity contribution in [2.45, 2.75) is 13.1 Å². The van der Waals surface area contributed by atoms with Crippen molar-refractivity contribution in [2.24, 2.45) is 0 Å². The molecule has 0 spiro atoms. The van der Waals surface area contributed by atoms with Crippen molar-refractivity contribution < 1.29 is 13.2 Å². The summed E-state index contributed by atoms with van der Waals surface area (Å²) in [6.45, 7) is 1.65. The zero-order chi connectivity index (χ0) is 12.6. The summed E-state index contributed by atoms with van der Waals surface area (Å²) >= 11 is 0. The van der Waals surface area contributed by atoms with Crippen molar-refractivity contribution in [2.75, 3.05) is 5.73 Å². The van der Waals surface area contributed by atoms with Gasteiger partial charge in [-0.25, -0.2) is 4.98 Å². The first-order valence-electron chi connectivity index (χ1n) is 4.74. The largest absolute Gasteiger partial charge is 0.416 e. The van der Waals surface area contributed by atoms with E-state index in [1.54, 1.807) is 6.92 Å². The van der Waals surface area contributed by atoms with Crippen molar-refractivity contribution in [1.82, 2.24) is 15.2 Å². The molecule has 0 saturated carbocycles. The Morgan fingerprint density at radius 2 is 2.00 bits per heavy atom. The van der Waals surface area contributed by atoms with Gasteiger partial charge >= 0.3 is 6.18 Å². The summed E-state index contributed by atoms with van der Waals surface area (Å²) in [6.07, 6.45) is -4.41. The molecule has 0 bridgehead atoms. The molecule has 0 radical (unpaired) electrons. The van der Waals surface area contributed by atoms with Gasteiger partial charge in [0.1, 0.15) is 5.82 Å². The lowest BCUT2D eigenvalue weighted by Gasteiger charge is -2.09. The fourth-order valence-electron chi connectivity index (χ4n) is 1.39. The third-order valence-corrected chi connectivity index (χ3v) is 2.22. The smallest absolute Gasteiger partial charge is 0.398 e. The van der Waals surface area contributed by atoms with Gasteiger partial charge in [0, 0.05) is 11.3 Å². The normalized spacial score (nSPS) is 11.8. The molecule has 2 aromatic rings. The molecule has 2 rings (SSSR count). The van der Waals surface area contributed by atoms with Gasteiger partial charge in [-0.05, 0) is 25.1 Å². The first kappa shape index (κ1) is 11.4. The molecule has 4 nitrogen and oxygen atoms in total. The second-order valence-electron chi connectivity index (χ2n) is 3.54. The van der Waals surface area contributed by atoms with E-state index in [0.29, 0.717) is 5.82 Å². The van der Waals surface area contributed by atoms with Gasteiger partial charge in [-0.1, -0.05) is 0 Å². The second kappa shape index (κ2) is 3.76. The summed E-state index contributed by atoms with van der Waals surface area (Å²) in [6, 6.07) is 3.07. The fraction of sp³-hybridized carbons (Fsp3) is 0.200. The summed E-state index contributed by atoms with van der Waals surface area (Å²) in [5, 5.41) is 6.34. The Kier molecular flexibility index (Phi) is 2.53. The number of H-pyrrole nitrogens is 1. The van der Waals surface area contributed by atoms with Crippen LogP contribution in [0.1, 0.15) is 11.4 Å². The number of benzene rings is 1. The maximum atomic E-state index is 12.5. The lowest BCUT2D eigenvalue weighted by molar-refractivity contribution is -0.137. The first-order valence-corrected chi connectivity index (χ1v) is 4.74. The fourth-order valence-corrected chi connectivity index (χ4v) is 1.39. The van der Waals surface area contributed by atoms with E-state index >= 15 is 0 Å². The highest BCUT2D eigenvalue weighted by Crippen LogP contribution is 2.33. The predicted octanol–water partition coefficient (Wildman–Crippen LogP) is 2.38. The van der Waals surface area contributed by atoms with Crippen LogP contribution in [0.4, 0.5) is 18.9 Å². The quantitative estimate of drug-likeness (QED) is 0.754. The maximum absolute atomic E-state index is 12.5. The van der Waals surface area contributed by atoms with Crippen LogP contribution in [0.15, 0.2) is 18.2 Å². The van der Waals surface area contributed by atoms with Crippen LogP contribution in [0.3, 0.4) is 0 Å². The molecule has 0 aliphatic carbocycles. The highest BCUT2D eigenvalue weighted by molar-refractivity contribution is 5.72. The van der Waals surface area contributed by atoms with Gasteiger partial charge in [-0.15, -0.1) is 0 Å². The number of halogens is 3. The molecule has 0 aliphatic rings. The molecule has 1 aromatic heterocycles. The third kappa shape index (κ3) is 2.22. The lowest BCUT2D eigenvalue weighted by Crippen LogP contribution is -2.06. The van der Waals surface area contributed by atoms with Crippen LogP contribution in [0.2, 0.25) is 0 Å². The van der Waals surface area contributed by atoms with E-state index < -0.39 is 11.7 Å². The van der Waals surface area contributed by atoms with Gasteiger partial charge in [-0.2, -0.15) is 18.3 Å². The number of aryl methyl sites for hydroxylation is 1. The number of nitrogens with two attached hydrogens (primary N) is 1. The van der Waals surface area contributed by atoms with Crippen LogP contribution in [0, 0.1) is 6.92 Å². The summed E-state index contributed by atoms with van der Waals surface area (Å²) in [5.41, 5.74) is 5.21. The van der Waals surface area contributed by atoms with Gasteiger partial charge in [0.2, 0.25) is 0 Å². The van der Waals surface area contributed by atoms with Gasteiger partial charge < -0.3 is 5.73 Å². The molecule has 0 saturated heterocycles. The summed E-state index contributed by atoms with van der Waals surface area (Å²) in [4.78, 5) is 3.95. The predicted molar refractivity (Wildman–Crippen MR) is 56.0 cm³/mol. The molecule has 0 unspecified atom stereocenters. The SMILES string of the molecule is Cc1nc(-c2cc(C(F)(F)F)ccc2N)n[nH]1. The summed E-state index contributed by atoms with van der Waals surface area (Å²) < 4.78 is 37.6. The molecule has 0 atom stereocenters. The third-order valence-electron chi connectivity index (χ3n) is 2.22. The number of nitrogens with one attached hydrogen (secondary N) is 1. The van der Waals surface area contributed by atoms with E-state index in [0.717, 1.165) is 12.1 Å². The zero-order valence-corrected chi connectivity index (χ0v) is 8.84. The van der Waals surface area contributed by atoms with Gasteiger partial charge in [0.25, 0.3) is 0 Å². The molecule has 1 heterocycles. The van der Waals surface area contributed by atoms with Gasteiger partial charge in [0.05, 0.1) is 5.56 Å². The number of nitrogens with zero attached hydrogens (tertiary/aromatic N) is 2. The number of aromatic amines is 1. The minimum Gasteiger partial charge on any atom is -0.398 e. The van der Waals surface area contributed by atoms with E-state index in [1.807, 2.05) is 0 Å². The number of aromatic nitrogens is 3. The van der Waals surface area contributed by atoms with Gasteiger partial charge in [0.15, 0.2) is 5.82 Å². The number of hydrogen-bond donors (Lipinski definition) is 2. The van der Waals surface area contributed by atoms with Crippen molar-refractivity contribution in [3.05, 3.63) is 29.6 Å². The Balaban J connectivity index is 2.54. The van der Waals surface area contributed by atoms with Crippen LogP contribution in [0.25, 0.3) is 11.4 Å². The highest BCUT2D eigenvalue weighted by atomic mass is 19.4. The Labute approximate surface area is 94.7 Å². The summed E-state index contributed by atoms with van der Waals surface area (Å²) in [5.74, 6) is 0.669. The number of alkyl halides is 3. The Bertz CT molecular complexity index is 545. The Morgan fingerprint density at radius 1 is 1.29 bits per heavy atom. The Hall–Kier alpha value is -2.05. The molecule has 90 valence electrons. The van der Waals surface area contributed by atoms with E-state index in [9.17, 15) is 13.2 Å². The van der Waals surface area contributed by atoms with Crippen molar-refractivity contribution >= 4 is 5.69 Å². The molecule has 0 aliphatic heterocycles. The number of nitrogen functional groups attached to an aromatic ring is 1. The maximum Gasteiger partial charge on any atom is 0.416 e. The van der Waals surface area contributed by atoms with Crippen LogP contribution < -0.4 is 5.73 Å². The molecule has 1 aromatic carbocycles. The number of anilines is 1. The Morgan fingerprint density at radius 3 is 2.53 bits per heavy atom. The van der Waals surface area contributed by atoms with Crippen molar-refractivity contribution in [1.29, 1.82) is 0 Å². The highest BCUT2D eigenvalue weighted by Gasteiger charge is 2.31.